The van der Waals surface area contributed by atoms with E-state index in [0.717, 1.165) is 17.9 Å². The van der Waals surface area contributed by atoms with Crippen molar-refractivity contribution in [2.24, 2.45) is 0 Å². The molecule has 0 aliphatic heterocycles. The highest BCUT2D eigenvalue weighted by Crippen LogP contribution is 2.41. The lowest BCUT2D eigenvalue weighted by atomic mass is 9.90. The average molecular weight is 314 g/mol. The smallest absolute Gasteiger partial charge is 0.130 e. The van der Waals surface area contributed by atoms with Crippen molar-refractivity contribution >= 4 is 11.6 Å². The van der Waals surface area contributed by atoms with Gasteiger partial charge in [-0.3, -0.25) is 0 Å². The van der Waals surface area contributed by atoms with Gasteiger partial charge in [-0.2, -0.15) is 0 Å². The predicted octanol–water partition coefficient (Wildman–Crippen LogP) is 6.28. The Balaban J connectivity index is 1.90. The Kier molecular flexibility index (Phi) is 3.45. The third-order valence-corrected chi connectivity index (χ3v) is 5.22. The third-order valence-electron chi connectivity index (χ3n) is 5.22. The number of rotatable bonds is 2. The Hall–Kier alpha value is -2.54. The predicted molar refractivity (Wildman–Crippen MR) is 101 cm³/mol. The van der Waals surface area contributed by atoms with Crippen LogP contribution in [0, 0.1) is 27.7 Å². The Morgan fingerprint density at radius 3 is 2.29 bits per heavy atom. The van der Waals surface area contributed by atoms with E-state index in [9.17, 15) is 0 Å². The van der Waals surface area contributed by atoms with Gasteiger partial charge in [0.15, 0.2) is 0 Å². The van der Waals surface area contributed by atoms with Crippen molar-refractivity contribution in [3.05, 3.63) is 81.8 Å². The van der Waals surface area contributed by atoms with Gasteiger partial charge in [-0.25, -0.2) is 0 Å². The molecular weight excluding hydrogens is 292 g/mol. The highest BCUT2D eigenvalue weighted by molar-refractivity contribution is 5.94. The molecule has 2 aromatic carbocycles. The van der Waals surface area contributed by atoms with Crippen LogP contribution in [0.25, 0.3) is 22.8 Å². The molecule has 0 saturated heterocycles. The third kappa shape index (κ3) is 2.32. The molecule has 0 amide bonds. The number of furan rings is 1. The van der Waals surface area contributed by atoms with Gasteiger partial charge in [-0.1, -0.05) is 36.4 Å². The Morgan fingerprint density at radius 2 is 1.62 bits per heavy atom. The average Bonchev–Trinajstić information content (AvgIpc) is 3.13. The Morgan fingerprint density at radius 1 is 0.875 bits per heavy atom. The fraction of sp³-hybridized carbons (Fsp3) is 0.217. The van der Waals surface area contributed by atoms with Crippen LogP contribution < -0.4 is 0 Å². The molecule has 1 heterocycles. The van der Waals surface area contributed by atoms with Crippen molar-refractivity contribution in [2.75, 3.05) is 0 Å². The minimum atomic E-state index is 0.947. The van der Waals surface area contributed by atoms with Crippen LogP contribution in [0.15, 0.2) is 46.9 Å². The van der Waals surface area contributed by atoms with Gasteiger partial charge in [0, 0.05) is 6.42 Å². The number of hydrogen-bond acceptors (Lipinski definition) is 1. The molecule has 4 rings (SSSR count). The first-order valence-corrected chi connectivity index (χ1v) is 8.51. The maximum atomic E-state index is 5.97. The largest absolute Gasteiger partial charge is 0.461 e. The molecular formula is C23H22O. The van der Waals surface area contributed by atoms with E-state index in [1.165, 1.54) is 44.5 Å². The lowest BCUT2D eigenvalue weighted by Crippen LogP contribution is -1.95. The topological polar surface area (TPSA) is 13.1 Å². The van der Waals surface area contributed by atoms with E-state index in [4.69, 9.17) is 4.42 Å². The standard InChI is InChI=1S/C23H22O/c1-14-10-19-12-20(22-11-15(2)17(4)24-22)13-21(19)23(16(14)3)18-8-6-5-7-9-18/h5-11,13H,12H2,1-4H3. The van der Waals surface area contributed by atoms with Crippen LogP contribution in [0.3, 0.4) is 0 Å². The quantitative estimate of drug-likeness (QED) is 0.543. The van der Waals surface area contributed by atoms with Crippen LogP contribution in [-0.4, -0.2) is 0 Å². The second-order valence-electron chi connectivity index (χ2n) is 6.83. The van der Waals surface area contributed by atoms with E-state index in [-0.39, 0.29) is 0 Å². The van der Waals surface area contributed by atoms with Gasteiger partial charge in [-0.15, -0.1) is 0 Å². The van der Waals surface area contributed by atoms with E-state index in [0.29, 0.717) is 0 Å². The minimum absolute atomic E-state index is 0.947. The highest BCUT2D eigenvalue weighted by atomic mass is 16.3. The van der Waals surface area contributed by atoms with Crippen molar-refractivity contribution in [1.29, 1.82) is 0 Å². The first kappa shape index (κ1) is 15.0. The number of allylic oxidation sites excluding steroid dienone is 1. The lowest BCUT2D eigenvalue weighted by Gasteiger charge is -2.14. The van der Waals surface area contributed by atoms with Crippen LogP contribution in [-0.2, 0) is 6.42 Å². The van der Waals surface area contributed by atoms with Crippen LogP contribution in [0.5, 0.6) is 0 Å². The summed E-state index contributed by atoms with van der Waals surface area (Å²) in [5.74, 6) is 2.02. The van der Waals surface area contributed by atoms with E-state index >= 15 is 0 Å². The molecule has 0 unspecified atom stereocenters. The van der Waals surface area contributed by atoms with E-state index < -0.39 is 0 Å². The van der Waals surface area contributed by atoms with Gasteiger partial charge in [0.25, 0.3) is 0 Å². The van der Waals surface area contributed by atoms with Gasteiger partial charge in [-0.05, 0) is 84.4 Å². The number of benzene rings is 2. The number of aryl methyl sites for hydroxylation is 3. The fourth-order valence-electron chi connectivity index (χ4n) is 3.62. The zero-order valence-electron chi connectivity index (χ0n) is 14.7. The maximum Gasteiger partial charge on any atom is 0.130 e. The van der Waals surface area contributed by atoms with Crippen LogP contribution in [0.1, 0.15) is 39.3 Å². The molecule has 0 N–H and O–H groups in total. The Labute approximate surface area is 143 Å². The molecule has 1 aromatic heterocycles. The fourth-order valence-corrected chi connectivity index (χ4v) is 3.62. The van der Waals surface area contributed by atoms with Crippen molar-refractivity contribution in [1.82, 2.24) is 0 Å². The van der Waals surface area contributed by atoms with Crippen molar-refractivity contribution in [3.8, 4) is 11.1 Å². The second kappa shape index (κ2) is 5.52. The maximum absolute atomic E-state index is 5.97. The molecule has 1 nitrogen and oxygen atoms in total. The van der Waals surface area contributed by atoms with Gasteiger partial charge in [0.2, 0.25) is 0 Å². The Bertz CT molecular complexity index is 936. The van der Waals surface area contributed by atoms with Crippen molar-refractivity contribution < 1.29 is 4.42 Å². The molecule has 3 aromatic rings. The van der Waals surface area contributed by atoms with E-state index in [1.807, 2.05) is 6.92 Å². The summed E-state index contributed by atoms with van der Waals surface area (Å²) in [4.78, 5) is 0. The molecule has 0 saturated carbocycles. The first-order chi connectivity index (χ1) is 11.5. The van der Waals surface area contributed by atoms with Crippen LogP contribution in [0.2, 0.25) is 0 Å². The second-order valence-corrected chi connectivity index (χ2v) is 6.83. The first-order valence-electron chi connectivity index (χ1n) is 8.51. The SMILES string of the molecule is Cc1cc(C2=Cc3c(cc(C)c(C)c3-c3ccccc3)C2)oc1C. The highest BCUT2D eigenvalue weighted by Gasteiger charge is 2.22. The van der Waals surface area contributed by atoms with Crippen molar-refractivity contribution in [2.45, 2.75) is 34.1 Å². The lowest BCUT2D eigenvalue weighted by molar-refractivity contribution is 0.518. The summed E-state index contributed by atoms with van der Waals surface area (Å²) in [6.07, 6.45) is 3.27. The summed E-state index contributed by atoms with van der Waals surface area (Å²) in [7, 11) is 0. The van der Waals surface area contributed by atoms with Gasteiger partial charge < -0.3 is 4.42 Å². The molecule has 0 atom stereocenters. The normalized spacial score (nSPS) is 13.1. The summed E-state index contributed by atoms with van der Waals surface area (Å²) >= 11 is 0. The van der Waals surface area contributed by atoms with E-state index in [2.05, 4.69) is 69.3 Å². The molecule has 120 valence electrons. The van der Waals surface area contributed by atoms with E-state index in [1.54, 1.807) is 0 Å². The number of fused-ring (bicyclic) bond motifs is 1. The van der Waals surface area contributed by atoms with Crippen LogP contribution in [0.4, 0.5) is 0 Å². The summed E-state index contributed by atoms with van der Waals surface area (Å²) < 4.78 is 5.97. The number of hydrogen-bond donors (Lipinski definition) is 0. The van der Waals surface area contributed by atoms with Gasteiger partial charge >= 0.3 is 0 Å². The van der Waals surface area contributed by atoms with Crippen LogP contribution >= 0.6 is 0 Å². The molecule has 0 fully saturated rings. The molecule has 1 aliphatic carbocycles. The summed E-state index contributed by atoms with van der Waals surface area (Å²) in [5.41, 5.74) is 10.6. The zero-order valence-corrected chi connectivity index (χ0v) is 14.7. The van der Waals surface area contributed by atoms with Crippen molar-refractivity contribution in [3.63, 3.8) is 0 Å². The molecule has 0 radical (unpaired) electrons. The minimum Gasteiger partial charge on any atom is -0.461 e. The molecule has 1 aliphatic rings. The molecule has 0 bridgehead atoms. The summed E-state index contributed by atoms with van der Waals surface area (Å²) in [6, 6.07) is 15.2. The molecule has 24 heavy (non-hydrogen) atoms. The van der Waals surface area contributed by atoms with Gasteiger partial charge in [0.05, 0.1) is 0 Å². The molecule has 0 spiro atoms. The summed E-state index contributed by atoms with van der Waals surface area (Å²) in [6.45, 7) is 8.58. The molecule has 1 heteroatoms. The zero-order chi connectivity index (χ0) is 16.8. The van der Waals surface area contributed by atoms with Gasteiger partial charge in [0.1, 0.15) is 11.5 Å². The summed E-state index contributed by atoms with van der Waals surface area (Å²) in [5, 5.41) is 0. The monoisotopic (exact) mass is 314 g/mol.